The minimum Gasteiger partial charge on any atom is -0.384 e. The van der Waals surface area contributed by atoms with Gasteiger partial charge in [0.15, 0.2) is 0 Å². The number of nitrogens with zero attached hydrogens (tertiary/aromatic N) is 2. The number of nitrogens with one attached hydrogen (secondary N) is 1. The topological polar surface area (TPSA) is 56.4 Å². The van der Waals surface area contributed by atoms with Crippen molar-refractivity contribution >= 4 is 5.84 Å². The average molecular weight is 280 g/mol. The first-order valence-electron chi connectivity index (χ1n) is 6.86. The second-order valence-electron chi connectivity index (χ2n) is 5.39. The van der Waals surface area contributed by atoms with Crippen molar-refractivity contribution < 1.29 is 4.39 Å². The maximum absolute atomic E-state index is 13.3. The Morgan fingerprint density at radius 3 is 2.55 bits per heavy atom. The van der Waals surface area contributed by atoms with E-state index in [0.717, 1.165) is 18.7 Å². The second-order valence-corrected chi connectivity index (χ2v) is 5.39. The lowest BCUT2D eigenvalue weighted by atomic mass is 10.0. The highest BCUT2D eigenvalue weighted by Crippen LogP contribution is 2.15. The molecule has 0 amide bonds. The zero-order valence-electron chi connectivity index (χ0n) is 12.8. The highest BCUT2D eigenvalue weighted by Gasteiger charge is 2.16. The molecule has 0 aliphatic heterocycles. The van der Waals surface area contributed by atoms with E-state index in [1.165, 1.54) is 12.1 Å². The van der Waals surface area contributed by atoms with Crippen LogP contribution in [0.1, 0.15) is 25.0 Å². The molecule has 1 rings (SSSR count). The van der Waals surface area contributed by atoms with Gasteiger partial charge in [0.2, 0.25) is 0 Å². The lowest BCUT2D eigenvalue weighted by Crippen LogP contribution is -2.39. The molecule has 5 heteroatoms. The van der Waals surface area contributed by atoms with Crippen LogP contribution < -0.4 is 5.73 Å². The Hall–Kier alpha value is -1.46. The summed E-state index contributed by atoms with van der Waals surface area (Å²) in [4.78, 5) is 4.43. The molecular weight excluding hydrogens is 255 g/mol. The fourth-order valence-corrected chi connectivity index (χ4v) is 2.38. The van der Waals surface area contributed by atoms with Gasteiger partial charge < -0.3 is 10.6 Å². The molecule has 4 nitrogen and oxygen atoms in total. The van der Waals surface area contributed by atoms with E-state index >= 15 is 0 Å². The summed E-state index contributed by atoms with van der Waals surface area (Å²) >= 11 is 0. The minimum atomic E-state index is -0.358. The molecule has 0 saturated heterocycles. The largest absolute Gasteiger partial charge is 0.384 e. The summed E-state index contributed by atoms with van der Waals surface area (Å²) in [5.74, 6) is -0.445. The van der Waals surface area contributed by atoms with Gasteiger partial charge in [-0.1, -0.05) is 13.0 Å². The van der Waals surface area contributed by atoms with Crippen LogP contribution in [0.4, 0.5) is 4.39 Å². The van der Waals surface area contributed by atoms with Crippen molar-refractivity contribution in [3.05, 3.63) is 35.1 Å². The van der Waals surface area contributed by atoms with Crippen LogP contribution in [0.15, 0.2) is 18.2 Å². The number of rotatable bonds is 7. The SMILES string of the molecule is CCN(Cc1ccc(F)cc1C(=N)N)C(C)CN(C)C. The normalized spacial score (nSPS) is 12.9. The molecule has 20 heavy (non-hydrogen) atoms. The van der Waals surface area contributed by atoms with E-state index in [0.29, 0.717) is 18.2 Å². The number of hydrogen-bond acceptors (Lipinski definition) is 3. The van der Waals surface area contributed by atoms with Crippen molar-refractivity contribution in [1.82, 2.24) is 9.80 Å². The summed E-state index contributed by atoms with van der Waals surface area (Å²) < 4.78 is 13.3. The third-order valence-electron chi connectivity index (χ3n) is 3.39. The van der Waals surface area contributed by atoms with Gasteiger partial charge in [0, 0.05) is 24.7 Å². The van der Waals surface area contributed by atoms with Crippen LogP contribution in [0.3, 0.4) is 0 Å². The zero-order chi connectivity index (χ0) is 15.3. The predicted molar refractivity (Wildman–Crippen MR) is 81.5 cm³/mol. The van der Waals surface area contributed by atoms with Gasteiger partial charge in [-0.25, -0.2) is 4.39 Å². The molecule has 0 bridgehead atoms. The minimum absolute atomic E-state index is 0.0872. The molecule has 0 aliphatic carbocycles. The monoisotopic (exact) mass is 280 g/mol. The molecule has 112 valence electrons. The smallest absolute Gasteiger partial charge is 0.123 e. The lowest BCUT2D eigenvalue weighted by molar-refractivity contribution is 0.174. The molecule has 1 aromatic rings. The Bertz CT molecular complexity index is 459. The molecule has 0 fully saturated rings. The van der Waals surface area contributed by atoms with Gasteiger partial charge in [-0.05, 0) is 45.3 Å². The molecule has 3 N–H and O–H groups in total. The van der Waals surface area contributed by atoms with Gasteiger partial charge in [0.25, 0.3) is 0 Å². The molecule has 0 aromatic heterocycles. The fraction of sp³-hybridized carbons (Fsp3) is 0.533. The third kappa shape index (κ3) is 4.58. The second kappa shape index (κ2) is 7.36. The quantitative estimate of drug-likeness (QED) is 0.592. The molecule has 0 heterocycles. The number of amidine groups is 1. The van der Waals surface area contributed by atoms with Crippen LogP contribution in [0.2, 0.25) is 0 Å². The molecule has 0 saturated carbocycles. The van der Waals surface area contributed by atoms with Gasteiger partial charge in [0.05, 0.1) is 0 Å². The third-order valence-corrected chi connectivity index (χ3v) is 3.39. The summed E-state index contributed by atoms with van der Waals surface area (Å²) in [6.45, 7) is 6.78. The maximum atomic E-state index is 13.3. The molecule has 1 unspecified atom stereocenters. The summed E-state index contributed by atoms with van der Waals surface area (Å²) in [6.07, 6.45) is 0. The van der Waals surface area contributed by atoms with Gasteiger partial charge >= 0.3 is 0 Å². The van der Waals surface area contributed by atoms with E-state index in [4.69, 9.17) is 11.1 Å². The van der Waals surface area contributed by atoms with Crippen LogP contribution in [-0.2, 0) is 6.54 Å². The summed E-state index contributed by atoms with van der Waals surface area (Å²) in [7, 11) is 4.09. The Balaban J connectivity index is 2.92. The molecule has 1 aromatic carbocycles. The number of nitrogen functional groups attached to an aromatic ring is 1. The highest BCUT2D eigenvalue weighted by atomic mass is 19.1. The van der Waals surface area contributed by atoms with E-state index in [1.807, 2.05) is 14.1 Å². The highest BCUT2D eigenvalue weighted by molar-refractivity contribution is 5.96. The van der Waals surface area contributed by atoms with Crippen molar-refractivity contribution in [2.45, 2.75) is 26.4 Å². The van der Waals surface area contributed by atoms with Gasteiger partial charge in [-0.2, -0.15) is 0 Å². The first-order valence-corrected chi connectivity index (χ1v) is 6.86. The average Bonchev–Trinajstić information content (AvgIpc) is 2.36. The molecule has 0 radical (unpaired) electrons. The Kier molecular flexibility index (Phi) is 6.10. The van der Waals surface area contributed by atoms with E-state index in [-0.39, 0.29) is 11.7 Å². The zero-order valence-corrected chi connectivity index (χ0v) is 12.8. The van der Waals surface area contributed by atoms with Crippen LogP contribution in [0.25, 0.3) is 0 Å². The number of benzene rings is 1. The van der Waals surface area contributed by atoms with Crippen LogP contribution in [0, 0.1) is 11.2 Å². The van der Waals surface area contributed by atoms with Gasteiger partial charge in [-0.15, -0.1) is 0 Å². The van der Waals surface area contributed by atoms with Crippen LogP contribution >= 0.6 is 0 Å². The van der Waals surface area contributed by atoms with E-state index in [9.17, 15) is 4.39 Å². The van der Waals surface area contributed by atoms with Crippen molar-refractivity contribution in [3.63, 3.8) is 0 Å². The van der Waals surface area contributed by atoms with Gasteiger partial charge in [0.1, 0.15) is 11.7 Å². The molecule has 1 atom stereocenters. The van der Waals surface area contributed by atoms with Crippen LogP contribution in [-0.4, -0.2) is 48.9 Å². The summed E-state index contributed by atoms with van der Waals surface area (Å²) in [5.41, 5.74) is 6.93. The number of nitrogens with two attached hydrogens (primary N) is 1. The van der Waals surface area contributed by atoms with Gasteiger partial charge in [-0.3, -0.25) is 10.3 Å². The van der Waals surface area contributed by atoms with E-state index < -0.39 is 0 Å². The first-order chi connectivity index (χ1) is 9.35. The van der Waals surface area contributed by atoms with Crippen LogP contribution in [0.5, 0.6) is 0 Å². The van der Waals surface area contributed by atoms with Crippen molar-refractivity contribution in [2.75, 3.05) is 27.2 Å². The molecular formula is C15H25FN4. The summed E-state index contributed by atoms with van der Waals surface area (Å²) in [5, 5.41) is 7.58. The Morgan fingerprint density at radius 2 is 2.05 bits per heavy atom. The molecule has 0 aliphatic rings. The molecule has 0 spiro atoms. The fourth-order valence-electron chi connectivity index (χ4n) is 2.38. The number of halogens is 1. The number of hydrogen-bond donors (Lipinski definition) is 2. The Morgan fingerprint density at radius 1 is 1.40 bits per heavy atom. The first kappa shape index (κ1) is 16.6. The standard InChI is InChI=1S/C15H25FN4/c1-5-20(11(2)9-19(3)4)10-12-6-7-13(16)8-14(12)15(17)18/h6-8,11H,5,9-10H2,1-4H3,(H3,17,18). The predicted octanol–water partition coefficient (Wildman–Crippen LogP) is 1.88. The Labute approximate surface area is 120 Å². The summed E-state index contributed by atoms with van der Waals surface area (Å²) in [6, 6.07) is 4.85. The van der Waals surface area contributed by atoms with Crippen molar-refractivity contribution in [1.29, 1.82) is 5.41 Å². The van der Waals surface area contributed by atoms with Crippen molar-refractivity contribution in [2.24, 2.45) is 5.73 Å². The maximum Gasteiger partial charge on any atom is 0.123 e. The number of likely N-dealkylation sites (N-methyl/N-ethyl adjacent to an activating group) is 2. The van der Waals surface area contributed by atoms with Crippen molar-refractivity contribution in [3.8, 4) is 0 Å². The lowest BCUT2D eigenvalue weighted by Gasteiger charge is -2.30. The van der Waals surface area contributed by atoms with E-state index in [2.05, 4.69) is 23.6 Å². The van der Waals surface area contributed by atoms with E-state index in [1.54, 1.807) is 6.07 Å².